The van der Waals surface area contributed by atoms with Crippen molar-refractivity contribution < 1.29 is 9.53 Å². The lowest BCUT2D eigenvalue weighted by Gasteiger charge is -2.02. The summed E-state index contributed by atoms with van der Waals surface area (Å²) in [4.78, 5) is 16.6. The van der Waals surface area contributed by atoms with Crippen molar-refractivity contribution in [3.8, 4) is 5.88 Å². The fourth-order valence-corrected chi connectivity index (χ4v) is 3.12. The zero-order chi connectivity index (χ0) is 16.5. The number of nitrogens with one attached hydrogen (secondary N) is 1. The molecule has 0 unspecified atom stereocenters. The minimum Gasteiger partial charge on any atom is -0.480 e. The largest absolute Gasteiger partial charge is 0.480 e. The third-order valence-corrected chi connectivity index (χ3v) is 4.44. The molecule has 0 bridgehead atoms. The van der Waals surface area contributed by atoms with E-state index in [2.05, 4.69) is 25.6 Å². The summed E-state index contributed by atoms with van der Waals surface area (Å²) in [5.74, 6) is 0.704. The van der Waals surface area contributed by atoms with Crippen LogP contribution in [0.15, 0.2) is 36.4 Å². The first-order valence-corrected chi connectivity index (χ1v) is 7.95. The number of amides is 1. The first kappa shape index (κ1) is 14.5. The molecule has 0 radical (unpaired) electrons. The van der Waals surface area contributed by atoms with Crippen LogP contribution in [-0.4, -0.2) is 37.8 Å². The average Bonchev–Trinajstić information content (AvgIpc) is 3.23. The van der Waals surface area contributed by atoms with Crippen LogP contribution in [0.4, 0.5) is 0 Å². The second-order valence-electron chi connectivity index (χ2n) is 4.93. The number of para-hydroxylation sites is 1. The summed E-state index contributed by atoms with van der Waals surface area (Å²) in [6.07, 6.45) is 0. The Kier molecular flexibility index (Phi) is 3.54. The maximum absolute atomic E-state index is 12.3. The first-order valence-electron chi connectivity index (χ1n) is 7.14. The van der Waals surface area contributed by atoms with Crippen molar-refractivity contribution >= 4 is 33.1 Å². The van der Waals surface area contributed by atoms with E-state index in [1.165, 1.54) is 23.0 Å². The molecule has 0 saturated heterocycles. The Morgan fingerprint density at radius 1 is 1.25 bits per heavy atom. The van der Waals surface area contributed by atoms with Crippen LogP contribution >= 0.6 is 11.3 Å². The van der Waals surface area contributed by atoms with E-state index < -0.39 is 0 Å². The smallest absolute Gasteiger partial charge is 0.280 e. The van der Waals surface area contributed by atoms with Crippen molar-refractivity contribution in [1.82, 2.24) is 30.1 Å². The summed E-state index contributed by atoms with van der Waals surface area (Å²) in [7, 11) is 1.53. The van der Waals surface area contributed by atoms with Crippen molar-refractivity contribution in [2.45, 2.75) is 6.54 Å². The van der Waals surface area contributed by atoms with Gasteiger partial charge in [-0.1, -0.05) is 12.1 Å². The molecule has 0 spiro atoms. The molecule has 4 rings (SSSR count). The van der Waals surface area contributed by atoms with Gasteiger partial charge in [0.2, 0.25) is 5.88 Å². The number of carbonyl (C=O) groups is 1. The molecule has 1 N–H and O–H groups in total. The van der Waals surface area contributed by atoms with Gasteiger partial charge in [0.1, 0.15) is 0 Å². The molecule has 24 heavy (non-hydrogen) atoms. The van der Waals surface area contributed by atoms with Gasteiger partial charge in [0.25, 0.3) is 5.91 Å². The van der Waals surface area contributed by atoms with Gasteiger partial charge >= 0.3 is 0 Å². The number of nitrogens with zero attached hydrogens (tertiary/aromatic N) is 5. The molecule has 3 heterocycles. The number of hydrogen-bond donors (Lipinski definition) is 1. The van der Waals surface area contributed by atoms with Crippen LogP contribution in [0.25, 0.3) is 15.9 Å². The van der Waals surface area contributed by atoms with Gasteiger partial charge < -0.3 is 10.1 Å². The van der Waals surface area contributed by atoms with Crippen LogP contribution in [0, 0.1) is 0 Å². The van der Waals surface area contributed by atoms with Crippen LogP contribution in [0.1, 0.15) is 15.6 Å². The summed E-state index contributed by atoms with van der Waals surface area (Å²) >= 11 is 1.35. The average molecular weight is 340 g/mol. The second-order valence-corrected chi connectivity index (χ2v) is 5.96. The van der Waals surface area contributed by atoms with Gasteiger partial charge in [0.05, 0.1) is 23.9 Å². The molecule has 1 aromatic carbocycles. The molecule has 0 fully saturated rings. The van der Waals surface area contributed by atoms with Gasteiger partial charge in [0, 0.05) is 6.07 Å². The zero-order valence-electron chi connectivity index (χ0n) is 12.6. The van der Waals surface area contributed by atoms with E-state index in [-0.39, 0.29) is 12.5 Å². The van der Waals surface area contributed by atoms with Crippen LogP contribution < -0.4 is 10.1 Å². The highest BCUT2D eigenvalue weighted by Crippen LogP contribution is 2.21. The van der Waals surface area contributed by atoms with Crippen molar-refractivity contribution in [3.63, 3.8) is 0 Å². The van der Waals surface area contributed by atoms with Gasteiger partial charge in [-0.3, -0.25) is 4.79 Å². The summed E-state index contributed by atoms with van der Waals surface area (Å²) in [6, 6.07) is 11.1. The normalized spacial score (nSPS) is 11.0. The highest BCUT2D eigenvalue weighted by Gasteiger charge is 2.14. The van der Waals surface area contributed by atoms with Gasteiger partial charge in [-0.05, 0) is 18.2 Å². The number of methoxy groups -OCH3 is 1. The fourth-order valence-electron chi connectivity index (χ4n) is 2.24. The standard InChI is InChI=1S/C15H12N6O2S/c1-23-13-7-6-11-18-19-12(21(11)20-13)8-16-14(22)15-17-9-4-2-3-5-10(9)24-15/h2-7H,8H2,1H3,(H,16,22). The lowest BCUT2D eigenvalue weighted by atomic mass is 10.3. The lowest BCUT2D eigenvalue weighted by Crippen LogP contribution is -2.24. The molecule has 8 nitrogen and oxygen atoms in total. The molecule has 0 aliphatic rings. The minimum atomic E-state index is -0.254. The fraction of sp³-hybridized carbons (Fsp3) is 0.133. The Morgan fingerprint density at radius 3 is 2.96 bits per heavy atom. The molecule has 0 atom stereocenters. The molecule has 0 aliphatic carbocycles. The Bertz CT molecular complexity index is 1010. The van der Waals surface area contributed by atoms with Crippen LogP contribution in [0.2, 0.25) is 0 Å². The van der Waals surface area contributed by atoms with Crippen molar-refractivity contribution in [1.29, 1.82) is 0 Å². The predicted octanol–water partition coefficient (Wildman–Crippen LogP) is 1.67. The predicted molar refractivity (Wildman–Crippen MR) is 88.1 cm³/mol. The summed E-state index contributed by atoms with van der Waals surface area (Å²) in [5.41, 5.74) is 1.40. The monoisotopic (exact) mass is 340 g/mol. The third kappa shape index (κ3) is 2.54. The third-order valence-electron chi connectivity index (χ3n) is 3.41. The molecule has 120 valence electrons. The minimum absolute atomic E-state index is 0.191. The quantitative estimate of drug-likeness (QED) is 0.607. The van der Waals surface area contributed by atoms with Crippen molar-refractivity contribution in [3.05, 3.63) is 47.2 Å². The van der Waals surface area contributed by atoms with E-state index in [1.54, 1.807) is 12.1 Å². The van der Waals surface area contributed by atoms with Crippen LogP contribution in [0.5, 0.6) is 5.88 Å². The number of benzene rings is 1. The maximum Gasteiger partial charge on any atom is 0.280 e. The van der Waals surface area contributed by atoms with Gasteiger partial charge in [-0.15, -0.1) is 26.6 Å². The number of hydrogen-bond acceptors (Lipinski definition) is 7. The number of rotatable bonds is 4. The first-order chi connectivity index (χ1) is 11.7. The second kappa shape index (κ2) is 5.85. The Hall–Kier alpha value is -3.07. The van der Waals surface area contributed by atoms with E-state index >= 15 is 0 Å². The molecule has 9 heteroatoms. The Balaban J connectivity index is 1.54. The van der Waals surface area contributed by atoms with E-state index in [1.807, 2.05) is 24.3 Å². The van der Waals surface area contributed by atoms with E-state index in [9.17, 15) is 4.79 Å². The molecular weight excluding hydrogens is 328 g/mol. The number of ether oxygens (including phenoxy) is 1. The molecular formula is C15H12N6O2S. The molecule has 0 aliphatic heterocycles. The Labute approximate surface area is 140 Å². The van der Waals surface area contributed by atoms with Crippen LogP contribution in [-0.2, 0) is 6.54 Å². The highest BCUT2D eigenvalue weighted by molar-refractivity contribution is 7.20. The van der Waals surface area contributed by atoms with E-state index in [4.69, 9.17) is 4.74 Å². The number of thiazole rings is 1. The molecule has 3 aromatic heterocycles. The summed E-state index contributed by atoms with van der Waals surface area (Å²) in [6.45, 7) is 0.191. The van der Waals surface area contributed by atoms with Crippen LogP contribution in [0.3, 0.4) is 0 Å². The van der Waals surface area contributed by atoms with Gasteiger partial charge in [0.15, 0.2) is 16.5 Å². The lowest BCUT2D eigenvalue weighted by molar-refractivity contribution is 0.0949. The summed E-state index contributed by atoms with van der Waals surface area (Å²) in [5, 5.41) is 15.5. The molecule has 0 saturated carbocycles. The molecule has 1 amide bonds. The number of fused-ring (bicyclic) bond motifs is 2. The topological polar surface area (TPSA) is 94.3 Å². The molecule has 4 aromatic rings. The number of carbonyl (C=O) groups excluding carboxylic acids is 1. The van der Waals surface area contributed by atoms with Crippen molar-refractivity contribution in [2.75, 3.05) is 7.11 Å². The van der Waals surface area contributed by atoms with Gasteiger partial charge in [-0.25, -0.2) is 4.98 Å². The SMILES string of the molecule is COc1ccc2nnc(CNC(=O)c3nc4ccccc4s3)n2n1. The zero-order valence-corrected chi connectivity index (χ0v) is 13.4. The van der Waals surface area contributed by atoms with E-state index in [0.717, 1.165) is 10.2 Å². The highest BCUT2D eigenvalue weighted by atomic mass is 32.1. The number of aromatic nitrogens is 5. The van der Waals surface area contributed by atoms with E-state index in [0.29, 0.717) is 22.4 Å². The maximum atomic E-state index is 12.3. The van der Waals surface area contributed by atoms with Crippen molar-refractivity contribution in [2.24, 2.45) is 0 Å². The van der Waals surface area contributed by atoms with Gasteiger partial charge in [-0.2, -0.15) is 4.52 Å². The summed E-state index contributed by atoms with van der Waals surface area (Å²) < 4.78 is 7.61. The Morgan fingerprint density at radius 2 is 2.12 bits per heavy atom.